The minimum absolute atomic E-state index is 0.577. The molecule has 1 N–H and O–H groups in total. The molecule has 0 aromatic heterocycles. The van der Waals surface area contributed by atoms with E-state index in [0.717, 1.165) is 12.5 Å². The average molecular weight is 217 g/mol. The lowest BCUT2D eigenvalue weighted by atomic mass is 9.91. The second-order valence-corrected chi connectivity index (χ2v) is 4.99. The van der Waals surface area contributed by atoms with Gasteiger partial charge in [-0.2, -0.15) is 0 Å². The van der Waals surface area contributed by atoms with Crippen LogP contribution in [0.4, 0.5) is 0 Å². The van der Waals surface area contributed by atoms with E-state index in [1.54, 1.807) is 0 Å². The molecule has 0 aliphatic heterocycles. The van der Waals surface area contributed by atoms with Gasteiger partial charge in [-0.05, 0) is 37.8 Å². The smallest absolute Gasteiger partial charge is 0.0348 e. The van der Waals surface area contributed by atoms with E-state index in [-0.39, 0.29) is 0 Å². The molecule has 1 nitrogen and oxygen atoms in total. The quantitative estimate of drug-likeness (QED) is 0.808. The molecule has 1 unspecified atom stereocenters. The molecule has 0 heterocycles. The zero-order valence-corrected chi connectivity index (χ0v) is 10.5. The summed E-state index contributed by atoms with van der Waals surface area (Å²) >= 11 is 0. The van der Waals surface area contributed by atoms with E-state index in [2.05, 4.69) is 43.4 Å². The van der Waals surface area contributed by atoms with Crippen molar-refractivity contribution < 1.29 is 0 Å². The van der Waals surface area contributed by atoms with Crippen LogP contribution in [0.15, 0.2) is 24.3 Å². The van der Waals surface area contributed by atoms with Crippen LogP contribution in [0.1, 0.15) is 49.8 Å². The van der Waals surface area contributed by atoms with Gasteiger partial charge >= 0.3 is 0 Å². The molecule has 1 aliphatic rings. The maximum atomic E-state index is 3.66. The Balaban J connectivity index is 2.14. The first-order chi connectivity index (χ1) is 7.81. The normalized spacial score (nSPS) is 18.9. The fraction of sp³-hybridized carbons (Fsp3) is 0.600. The Kier molecular flexibility index (Phi) is 4.00. The van der Waals surface area contributed by atoms with Crippen LogP contribution in [0.25, 0.3) is 0 Å². The standard InChI is InChI=1S/C15H23N/c1-3-16-15(13-6-4-5-7-13)14-10-8-12(2)9-11-14/h8-11,13,15-16H,3-7H2,1-2H3. The predicted molar refractivity (Wildman–Crippen MR) is 69.6 cm³/mol. The van der Waals surface area contributed by atoms with Crippen LogP contribution in [0.3, 0.4) is 0 Å². The molecule has 1 aromatic rings. The van der Waals surface area contributed by atoms with Crippen LogP contribution in [0, 0.1) is 12.8 Å². The van der Waals surface area contributed by atoms with E-state index < -0.39 is 0 Å². The Hall–Kier alpha value is -0.820. The second kappa shape index (κ2) is 5.49. The highest BCUT2D eigenvalue weighted by Crippen LogP contribution is 2.35. The topological polar surface area (TPSA) is 12.0 Å². The lowest BCUT2D eigenvalue weighted by molar-refractivity contribution is 0.374. The molecule has 1 aromatic carbocycles. The summed E-state index contributed by atoms with van der Waals surface area (Å²) < 4.78 is 0. The van der Waals surface area contributed by atoms with E-state index in [1.165, 1.54) is 36.8 Å². The van der Waals surface area contributed by atoms with Crippen LogP contribution in [0.5, 0.6) is 0 Å². The fourth-order valence-electron chi connectivity index (χ4n) is 2.84. The minimum atomic E-state index is 0.577. The van der Waals surface area contributed by atoms with Gasteiger partial charge in [0.2, 0.25) is 0 Å². The van der Waals surface area contributed by atoms with Gasteiger partial charge in [0.05, 0.1) is 0 Å². The van der Waals surface area contributed by atoms with Crippen molar-refractivity contribution in [3.05, 3.63) is 35.4 Å². The van der Waals surface area contributed by atoms with Crippen molar-refractivity contribution >= 4 is 0 Å². The Morgan fingerprint density at radius 1 is 1.19 bits per heavy atom. The molecule has 88 valence electrons. The molecule has 0 radical (unpaired) electrons. The van der Waals surface area contributed by atoms with Crippen molar-refractivity contribution in [2.45, 2.75) is 45.6 Å². The lowest BCUT2D eigenvalue weighted by Gasteiger charge is -2.24. The summed E-state index contributed by atoms with van der Waals surface area (Å²) in [5.74, 6) is 0.850. The number of nitrogens with one attached hydrogen (secondary N) is 1. The number of benzene rings is 1. The first-order valence-corrected chi connectivity index (χ1v) is 6.61. The van der Waals surface area contributed by atoms with Crippen molar-refractivity contribution in [1.29, 1.82) is 0 Å². The van der Waals surface area contributed by atoms with E-state index in [9.17, 15) is 0 Å². The first kappa shape index (κ1) is 11.7. The van der Waals surface area contributed by atoms with Crippen LogP contribution < -0.4 is 5.32 Å². The molecule has 0 amide bonds. The molecule has 2 rings (SSSR count). The van der Waals surface area contributed by atoms with Gasteiger partial charge in [-0.25, -0.2) is 0 Å². The Labute approximate surface area is 99.3 Å². The SMILES string of the molecule is CCNC(c1ccc(C)cc1)C1CCCC1. The van der Waals surface area contributed by atoms with Crippen molar-refractivity contribution in [3.63, 3.8) is 0 Å². The molecule has 1 fully saturated rings. The maximum Gasteiger partial charge on any atom is 0.0348 e. The molecule has 0 bridgehead atoms. The molecule has 0 spiro atoms. The number of rotatable bonds is 4. The Morgan fingerprint density at radius 2 is 1.81 bits per heavy atom. The average Bonchev–Trinajstić information content (AvgIpc) is 2.81. The summed E-state index contributed by atoms with van der Waals surface area (Å²) in [5.41, 5.74) is 2.82. The summed E-state index contributed by atoms with van der Waals surface area (Å²) in [6.45, 7) is 5.42. The number of hydrogen-bond donors (Lipinski definition) is 1. The summed E-state index contributed by atoms with van der Waals surface area (Å²) in [6, 6.07) is 9.62. The third-order valence-electron chi connectivity index (χ3n) is 3.73. The van der Waals surface area contributed by atoms with Gasteiger partial charge in [0.15, 0.2) is 0 Å². The molecule has 1 aliphatic carbocycles. The molecular weight excluding hydrogens is 194 g/mol. The van der Waals surface area contributed by atoms with Crippen LogP contribution in [0.2, 0.25) is 0 Å². The molecule has 0 saturated heterocycles. The van der Waals surface area contributed by atoms with Gasteiger partial charge in [-0.1, -0.05) is 49.6 Å². The number of aryl methyl sites for hydroxylation is 1. The second-order valence-electron chi connectivity index (χ2n) is 4.99. The van der Waals surface area contributed by atoms with E-state index in [1.807, 2.05) is 0 Å². The highest BCUT2D eigenvalue weighted by molar-refractivity contribution is 5.24. The first-order valence-electron chi connectivity index (χ1n) is 6.61. The summed E-state index contributed by atoms with van der Waals surface area (Å²) in [5, 5.41) is 3.66. The van der Waals surface area contributed by atoms with Crippen LogP contribution >= 0.6 is 0 Å². The van der Waals surface area contributed by atoms with Crippen molar-refractivity contribution in [2.24, 2.45) is 5.92 Å². The maximum absolute atomic E-state index is 3.66. The third kappa shape index (κ3) is 2.65. The fourth-order valence-corrected chi connectivity index (χ4v) is 2.84. The van der Waals surface area contributed by atoms with E-state index >= 15 is 0 Å². The molecule has 1 saturated carbocycles. The van der Waals surface area contributed by atoms with Gasteiger partial charge in [-0.3, -0.25) is 0 Å². The van der Waals surface area contributed by atoms with Gasteiger partial charge in [-0.15, -0.1) is 0 Å². The van der Waals surface area contributed by atoms with E-state index in [4.69, 9.17) is 0 Å². The lowest BCUT2D eigenvalue weighted by Crippen LogP contribution is -2.26. The van der Waals surface area contributed by atoms with Crippen molar-refractivity contribution in [3.8, 4) is 0 Å². The monoisotopic (exact) mass is 217 g/mol. The Bertz CT molecular complexity index is 309. The predicted octanol–water partition coefficient (Wildman–Crippen LogP) is 3.84. The van der Waals surface area contributed by atoms with Crippen LogP contribution in [-0.2, 0) is 0 Å². The highest BCUT2D eigenvalue weighted by Gasteiger charge is 2.25. The molecule has 1 heteroatoms. The Morgan fingerprint density at radius 3 is 2.38 bits per heavy atom. The van der Waals surface area contributed by atoms with Gasteiger partial charge in [0.25, 0.3) is 0 Å². The van der Waals surface area contributed by atoms with Gasteiger partial charge < -0.3 is 5.32 Å². The molecule has 16 heavy (non-hydrogen) atoms. The highest BCUT2D eigenvalue weighted by atomic mass is 14.9. The summed E-state index contributed by atoms with van der Waals surface area (Å²) in [7, 11) is 0. The van der Waals surface area contributed by atoms with Gasteiger partial charge in [0.1, 0.15) is 0 Å². The van der Waals surface area contributed by atoms with Crippen molar-refractivity contribution in [1.82, 2.24) is 5.32 Å². The van der Waals surface area contributed by atoms with Crippen LogP contribution in [-0.4, -0.2) is 6.54 Å². The zero-order valence-electron chi connectivity index (χ0n) is 10.5. The van der Waals surface area contributed by atoms with E-state index in [0.29, 0.717) is 6.04 Å². The molecular formula is C15H23N. The zero-order chi connectivity index (χ0) is 11.4. The van der Waals surface area contributed by atoms with Crippen molar-refractivity contribution in [2.75, 3.05) is 6.54 Å². The van der Waals surface area contributed by atoms with Gasteiger partial charge in [0, 0.05) is 6.04 Å². The number of hydrogen-bond acceptors (Lipinski definition) is 1. The summed E-state index contributed by atoms with van der Waals surface area (Å²) in [6.07, 6.45) is 5.62. The largest absolute Gasteiger partial charge is 0.310 e. The third-order valence-corrected chi connectivity index (χ3v) is 3.73. The summed E-state index contributed by atoms with van der Waals surface area (Å²) in [4.78, 5) is 0. The minimum Gasteiger partial charge on any atom is -0.310 e. The molecule has 1 atom stereocenters.